The summed E-state index contributed by atoms with van der Waals surface area (Å²) >= 11 is 0. The maximum Gasteiger partial charge on any atom is 0.159 e. The summed E-state index contributed by atoms with van der Waals surface area (Å²) in [5.74, 6) is 0. The van der Waals surface area contributed by atoms with Gasteiger partial charge in [0, 0.05) is 44.3 Å². The molecule has 13 aromatic carbocycles. The van der Waals surface area contributed by atoms with Crippen LogP contribution in [0.5, 0.6) is 0 Å². The van der Waals surface area contributed by atoms with Gasteiger partial charge in [-0.25, -0.2) is 0 Å². The monoisotopic (exact) mass is 1010 g/mol. The fourth-order valence-electron chi connectivity index (χ4n) is 14.0. The van der Waals surface area contributed by atoms with Crippen molar-refractivity contribution in [3.63, 3.8) is 0 Å². The van der Waals surface area contributed by atoms with Crippen LogP contribution in [0.25, 0.3) is 98.4 Å². The van der Waals surface area contributed by atoms with Crippen molar-refractivity contribution in [2.24, 2.45) is 0 Å². The Morgan fingerprint density at radius 2 is 0.823 bits per heavy atom. The molecule has 0 saturated heterocycles. The van der Waals surface area contributed by atoms with Gasteiger partial charge >= 0.3 is 0 Å². The zero-order valence-electron chi connectivity index (χ0n) is 43.5. The van der Waals surface area contributed by atoms with E-state index in [0.717, 1.165) is 89.1 Å². The summed E-state index contributed by atoms with van der Waals surface area (Å²) in [6.07, 6.45) is 0. The predicted octanol–water partition coefficient (Wildman–Crippen LogP) is 20.8. The van der Waals surface area contributed by atoms with Gasteiger partial charge in [-0.05, 0) is 175 Å². The van der Waals surface area contributed by atoms with Crippen LogP contribution in [0, 0.1) is 13.8 Å². The predicted molar refractivity (Wildman–Crippen MR) is 329 cm³/mol. The van der Waals surface area contributed by atoms with Gasteiger partial charge in [-0.1, -0.05) is 182 Å². The molecule has 79 heavy (non-hydrogen) atoms. The molecule has 0 saturated carbocycles. The minimum absolute atomic E-state index is 0.639. The lowest BCUT2D eigenvalue weighted by molar-refractivity contribution is 0.665. The van der Waals surface area contributed by atoms with Gasteiger partial charge in [-0.15, -0.1) is 0 Å². The molecular weight excluding hydrogens is 961 g/mol. The highest BCUT2D eigenvalue weighted by Gasteiger charge is 2.53. The van der Waals surface area contributed by atoms with Crippen LogP contribution in [0.1, 0.15) is 33.4 Å². The molecule has 4 nitrogen and oxygen atoms in total. The van der Waals surface area contributed by atoms with E-state index in [0.29, 0.717) is 0 Å². The summed E-state index contributed by atoms with van der Waals surface area (Å²) in [7, 11) is 0. The van der Waals surface area contributed by atoms with Crippen molar-refractivity contribution in [2.45, 2.75) is 19.3 Å². The molecule has 0 bridgehead atoms. The fourth-order valence-corrected chi connectivity index (χ4v) is 14.0. The van der Waals surface area contributed by atoms with Gasteiger partial charge in [-0.3, -0.25) is 0 Å². The lowest BCUT2D eigenvalue weighted by Crippen LogP contribution is -2.26. The maximum atomic E-state index is 6.87. The Morgan fingerprint density at radius 1 is 0.291 bits per heavy atom. The van der Waals surface area contributed by atoms with E-state index in [1.165, 1.54) is 76.8 Å². The molecule has 0 aliphatic heterocycles. The fraction of sp³-hybridized carbons (Fsp3) is 0.0400. The summed E-state index contributed by atoms with van der Waals surface area (Å²) in [6, 6.07) is 94.0. The molecule has 0 amide bonds. The standard InChI is InChI=1S/C75H48N2O2/c1-45-17-13-26-58-60-28-15-31-67(73(60)78-71(45)58)76(51-20-5-3-6-21-51)53-36-33-48-43-63-57-38-34-49-41-54(77(52-22-7-4-8-23-52)68-32-16-29-61-59-27-14-18-46(2)72(59)79-74(61)68)37-39-56(49)70(57)75(66(63)44-50(48)42-53)64-30-12-11-25-62(64)69-55-24-10-9-19-47(55)35-40-65(69)75/h3-44H,1-2H3. The number of aryl methyl sites for hydroxylation is 2. The van der Waals surface area contributed by atoms with Crippen LogP contribution in [0.2, 0.25) is 0 Å². The summed E-state index contributed by atoms with van der Waals surface area (Å²) < 4.78 is 13.7. The highest BCUT2D eigenvalue weighted by Crippen LogP contribution is 2.66. The van der Waals surface area contributed by atoms with Crippen LogP contribution in [0.4, 0.5) is 34.1 Å². The van der Waals surface area contributed by atoms with E-state index < -0.39 is 5.41 Å². The van der Waals surface area contributed by atoms with Gasteiger partial charge < -0.3 is 18.6 Å². The zero-order valence-corrected chi connectivity index (χ0v) is 43.5. The molecule has 1 spiro atoms. The van der Waals surface area contributed by atoms with E-state index in [2.05, 4.69) is 278 Å². The van der Waals surface area contributed by atoms with Crippen molar-refractivity contribution in [1.29, 1.82) is 0 Å². The number of para-hydroxylation sites is 6. The summed E-state index contributed by atoms with van der Waals surface area (Å²) in [4.78, 5) is 4.73. The topological polar surface area (TPSA) is 32.8 Å². The Labute approximate surface area is 456 Å². The Hall–Kier alpha value is -10.2. The molecular formula is C75H48N2O2. The molecule has 1 atom stereocenters. The Morgan fingerprint density at radius 3 is 1.49 bits per heavy atom. The number of furan rings is 2. The molecule has 0 radical (unpaired) electrons. The smallest absolute Gasteiger partial charge is 0.159 e. The second-order valence-corrected chi connectivity index (χ2v) is 21.6. The van der Waals surface area contributed by atoms with Gasteiger partial charge in [0.1, 0.15) is 11.2 Å². The number of nitrogens with zero attached hydrogens (tertiary/aromatic N) is 2. The molecule has 2 aromatic heterocycles. The third kappa shape index (κ3) is 6.08. The quantitative estimate of drug-likeness (QED) is 0.166. The van der Waals surface area contributed by atoms with Crippen LogP contribution < -0.4 is 9.80 Å². The molecule has 370 valence electrons. The second-order valence-electron chi connectivity index (χ2n) is 21.6. The first kappa shape index (κ1) is 44.0. The first-order chi connectivity index (χ1) is 39.0. The number of hydrogen-bond donors (Lipinski definition) is 0. The number of rotatable bonds is 6. The van der Waals surface area contributed by atoms with Crippen molar-refractivity contribution < 1.29 is 8.83 Å². The average molecular weight is 1010 g/mol. The molecule has 0 fully saturated rings. The largest absolute Gasteiger partial charge is 0.454 e. The summed E-state index contributed by atoms with van der Waals surface area (Å²) in [5.41, 5.74) is 21.8. The van der Waals surface area contributed by atoms with E-state index in [-0.39, 0.29) is 0 Å². The minimum Gasteiger partial charge on any atom is -0.454 e. The molecule has 2 aliphatic carbocycles. The highest BCUT2D eigenvalue weighted by molar-refractivity contribution is 6.15. The van der Waals surface area contributed by atoms with Crippen LogP contribution in [0.3, 0.4) is 0 Å². The maximum absolute atomic E-state index is 6.87. The molecule has 4 heteroatoms. The van der Waals surface area contributed by atoms with E-state index in [1.54, 1.807) is 0 Å². The van der Waals surface area contributed by atoms with E-state index in [9.17, 15) is 0 Å². The minimum atomic E-state index is -0.639. The SMILES string of the molecule is Cc1cccc2c1oc1c(N(c3ccccc3)c3ccc4cc5c(cc4c3)C3(c4ccccc4-c4c3ccc3ccccc43)c3c-5ccc4cc(N(c5ccccc5)c5cccc6c5oc5c(C)cccc56)ccc34)cccc12. The van der Waals surface area contributed by atoms with Gasteiger partial charge in [0.2, 0.25) is 0 Å². The highest BCUT2D eigenvalue weighted by atomic mass is 16.3. The summed E-state index contributed by atoms with van der Waals surface area (Å²) in [5, 5.41) is 11.7. The van der Waals surface area contributed by atoms with E-state index in [4.69, 9.17) is 8.83 Å². The average Bonchev–Trinajstić information content (AvgIpc) is 3.75. The third-order valence-corrected chi connectivity index (χ3v) is 17.4. The van der Waals surface area contributed by atoms with E-state index >= 15 is 0 Å². The van der Waals surface area contributed by atoms with Gasteiger partial charge in [-0.2, -0.15) is 0 Å². The van der Waals surface area contributed by atoms with E-state index in [1.807, 2.05) is 0 Å². The zero-order chi connectivity index (χ0) is 52.1. The molecule has 2 aliphatic rings. The lowest BCUT2D eigenvalue weighted by atomic mass is 9.69. The van der Waals surface area contributed by atoms with Crippen molar-refractivity contribution in [2.75, 3.05) is 9.80 Å². The summed E-state index contributed by atoms with van der Waals surface area (Å²) in [6.45, 7) is 4.25. The van der Waals surface area contributed by atoms with Gasteiger partial charge in [0.15, 0.2) is 11.2 Å². The van der Waals surface area contributed by atoms with Crippen LogP contribution in [-0.4, -0.2) is 0 Å². The van der Waals surface area contributed by atoms with Gasteiger partial charge in [0.05, 0.1) is 16.8 Å². The molecule has 17 rings (SSSR count). The van der Waals surface area contributed by atoms with Crippen molar-refractivity contribution >= 4 is 110 Å². The van der Waals surface area contributed by atoms with Crippen molar-refractivity contribution in [3.8, 4) is 22.3 Å². The Bertz CT molecular complexity index is 5070. The van der Waals surface area contributed by atoms with Crippen LogP contribution >= 0.6 is 0 Å². The number of benzene rings is 13. The molecule has 0 N–H and O–H groups in total. The number of hydrogen-bond acceptors (Lipinski definition) is 4. The third-order valence-electron chi connectivity index (χ3n) is 17.4. The van der Waals surface area contributed by atoms with Crippen LogP contribution in [-0.2, 0) is 5.41 Å². The molecule has 2 heterocycles. The first-order valence-electron chi connectivity index (χ1n) is 27.3. The van der Waals surface area contributed by atoms with Gasteiger partial charge in [0.25, 0.3) is 0 Å². The Balaban J connectivity index is 0.912. The lowest BCUT2D eigenvalue weighted by Gasteiger charge is -2.32. The second kappa shape index (κ2) is 16.4. The Kier molecular flexibility index (Phi) is 9.15. The van der Waals surface area contributed by atoms with Crippen molar-refractivity contribution in [3.05, 3.63) is 288 Å². The normalized spacial score (nSPS) is 14.3. The van der Waals surface area contributed by atoms with Crippen molar-refractivity contribution in [1.82, 2.24) is 0 Å². The molecule has 1 unspecified atom stereocenters. The number of fused-ring (bicyclic) bond motifs is 21. The first-order valence-corrected chi connectivity index (χ1v) is 27.3. The van der Waals surface area contributed by atoms with Crippen LogP contribution in [0.15, 0.2) is 264 Å². The molecule has 15 aromatic rings. The number of anilines is 6.